The number of amides is 4. The molecule has 3 aliphatic heterocycles. The van der Waals surface area contributed by atoms with Gasteiger partial charge in [-0.2, -0.15) is 0 Å². The number of rotatable bonds is 5. The van der Waals surface area contributed by atoms with Crippen molar-refractivity contribution in [1.29, 1.82) is 0 Å². The molecule has 3 aliphatic rings. The first kappa shape index (κ1) is 19.0. The first-order valence-corrected chi connectivity index (χ1v) is 10.2. The van der Waals surface area contributed by atoms with Crippen LogP contribution in [0.15, 0.2) is 0 Å². The van der Waals surface area contributed by atoms with Gasteiger partial charge in [0.15, 0.2) is 5.78 Å². The fraction of sp³-hybridized carbons (Fsp3) is 0.765. The third-order valence-corrected chi connectivity index (χ3v) is 7.18. The van der Waals surface area contributed by atoms with Crippen molar-refractivity contribution in [2.75, 3.05) is 5.75 Å². The van der Waals surface area contributed by atoms with Gasteiger partial charge in [-0.15, -0.1) is 11.8 Å². The predicted octanol–water partition coefficient (Wildman–Crippen LogP) is 0.196. The number of Topliss-reactive ketones (excluding diaryl/α,β-unsaturated/α-hetero) is 1. The van der Waals surface area contributed by atoms with Gasteiger partial charge < -0.3 is 21.7 Å². The zero-order chi connectivity index (χ0) is 18.7. The number of carbonyl (C=O) groups is 4. The summed E-state index contributed by atoms with van der Waals surface area (Å²) >= 11 is 1.57. The maximum absolute atomic E-state index is 13.2. The van der Waals surface area contributed by atoms with Crippen molar-refractivity contribution in [3.63, 3.8) is 0 Å². The zero-order valence-electron chi connectivity index (χ0n) is 14.7. The highest BCUT2D eigenvalue weighted by Crippen LogP contribution is 2.44. The van der Waals surface area contributed by atoms with Gasteiger partial charge in [0.2, 0.25) is 11.8 Å². The molecule has 0 radical (unpaired) electrons. The molecule has 3 fully saturated rings. The number of primary amides is 1. The molecule has 4 atom stereocenters. The van der Waals surface area contributed by atoms with E-state index in [2.05, 4.69) is 16.0 Å². The summed E-state index contributed by atoms with van der Waals surface area (Å²) in [5, 5.41) is 8.72. The number of thioether (sulfide) groups is 1. The Kier molecular flexibility index (Phi) is 5.74. The number of urea groups is 1. The Bertz CT molecular complexity index is 614. The largest absolute Gasteiger partial charge is 0.370 e. The molecule has 3 saturated heterocycles. The van der Waals surface area contributed by atoms with Gasteiger partial charge in [0.05, 0.1) is 18.1 Å². The molecule has 0 aliphatic carbocycles. The molecule has 26 heavy (non-hydrogen) atoms. The number of unbranched alkanes of at least 4 members (excludes halogenated alkanes) is 1. The molecule has 0 aromatic rings. The lowest BCUT2D eigenvalue weighted by Crippen LogP contribution is -2.58. The monoisotopic (exact) mass is 382 g/mol. The minimum atomic E-state index is -0.722. The average Bonchev–Trinajstić information content (AvgIpc) is 3.12. The molecular formula is C17H26N4O4S. The molecule has 8 nitrogen and oxygen atoms in total. The Hall–Kier alpha value is -1.77. The van der Waals surface area contributed by atoms with Crippen molar-refractivity contribution in [3.8, 4) is 0 Å². The number of nitrogens with one attached hydrogen (secondary N) is 3. The van der Waals surface area contributed by atoms with Crippen molar-refractivity contribution < 1.29 is 19.2 Å². The van der Waals surface area contributed by atoms with E-state index in [4.69, 9.17) is 5.73 Å². The van der Waals surface area contributed by atoms with Gasteiger partial charge in [0, 0.05) is 18.6 Å². The van der Waals surface area contributed by atoms with Crippen LogP contribution in [0.3, 0.4) is 0 Å². The maximum atomic E-state index is 13.2. The number of nitrogens with two attached hydrogens (primary N) is 1. The van der Waals surface area contributed by atoms with Gasteiger partial charge in [-0.3, -0.25) is 14.4 Å². The number of ketones is 1. The van der Waals surface area contributed by atoms with Crippen LogP contribution in [0.25, 0.3) is 0 Å². The van der Waals surface area contributed by atoms with E-state index in [1.165, 1.54) is 0 Å². The molecule has 1 unspecified atom stereocenters. The first-order chi connectivity index (χ1) is 12.4. The van der Waals surface area contributed by atoms with Crippen molar-refractivity contribution >= 4 is 35.4 Å². The van der Waals surface area contributed by atoms with Crippen molar-refractivity contribution in [3.05, 3.63) is 0 Å². The summed E-state index contributed by atoms with van der Waals surface area (Å²) < 4.78 is -0.722. The standard InChI is InChI=1S/C17H26N4O4S/c18-13(23)7-2-1-5-10-12(22)6-3-4-8-17(15(24)19-10)14-11(9-26-17)20-16(25)21-14/h10-11,14H,1-9H2,(H2,18,23)(H,19,24)(H2,20,21,25)/t10?,11-,14-,17-/m0/s1. The summed E-state index contributed by atoms with van der Waals surface area (Å²) in [6, 6.07) is -1.06. The van der Waals surface area contributed by atoms with Gasteiger partial charge in [0.1, 0.15) is 4.75 Å². The van der Waals surface area contributed by atoms with E-state index in [0.717, 1.165) is 12.8 Å². The maximum Gasteiger partial charge on any atom is 0.315 e. The molecular weight excluding hydrogens is 356 g/mol. The summed E-state index contributed by atoms with van der Waals surface area (Å²) in [7, 11) is 0. The Balaban J connectivity index is 1.70. The van der Waals surface area contributed by atoms with E-state index >= 15 is 0 Å². The Morgan fingerprint density at radius 2 is 1.96 bits per heavy atom. The molecule has 5 N–H and O–H groups in total. The second-order valence-corrected chi connectivity index (χ2v) is 8.66. The lowest BCUT2D eigenvalue weighted by atomic mass is 9.89. The van der Waals surface area contributed by atoms with Crippen LogP contribution in [0, 0.1) is 0 Å². The summed E-state index contributed by atoms with van der Waals surface area (Å²) in [5.41, 5.74) is 5.15. The average molecular weight is 382 g/mol. The SMILES string of the molecule is NC(=O)CCCCC1NC(=O)[C@@]2(CCCCC1=O)SC[C@@H]1NC(=O)N[C@@H]12. The van der Waals surface area contributed by atoms with E-state index in [1.54, 1.807) is 11.8 Å². The molecule has 4 amide bonds. The van der Waals surface area contributed by atoms with Gasteiger partial charge in [-0.25, -0.2) is 4.79 Å². The first-order valence-electron chi connectivity index (χ1n) is 9.25. The van der Waals surface area contributed by atoms with Crippen LogP contribution in [-0.2, 0) is 14.4 Å². The molecule has 1 spiro atoms. The second kappa shape index (κ2) is 7.85. The third kappa shape index (κ3) is 3.82. The fourth-order valence-electron chi connectivity index (χ4n) is 4.09. The topological polar surface area (TPSA) is 130 Å². The van der Waals surface area contributed by atoms with E-state index in [-0.39, 0.29) is 42.1 Å². The molecule has 0 bridgehead atoms. The molecule has 3 heterocycles. The summed E-state index contributed by atoms with van der Waals surface area (Å²) in [6.07, 6.45) is 4.68. The second-order valence-electron chi connectivity index (χ2n) is 7.31. The van der Waals surface area contributed by atoms with E-state index < -0.39 is 10.8 Å². The zero-order valence-corrected chi connectivity index (χ0v) is 15.5. The third-order valence-electron chi connectivity index (χ3n) is 5.49. The van der Waals surface area contributed by atoms with Gasteiger partial charge in [-0.05, 0) is 25.7 Å². The smallest absolute Gasteiger partial charge is 0.315 e. The Labute approximate surface area is 156 Å². The van der Waals surface area contributed by atoms with Crippen molar-refractivity contribution in [2.45, 2.75) is 74.2 Å². The van der Waals surface area contributed by atoms with E-state index in [9.17, 15) is 19.2 Å². The molecule has 3 rings (SSSR count). The molecule has 0 aromatic heterocycles. The van der Waals surface area contributed by atoms with Crippen LogP contribution in [-0.4, -0.2) is 52.3 Å². The van der Waals surface area contributed by atoms with E-state index in [0.29, 0.717) is 37.9 Å². The van der Waals surface area contributed by atoms with Crippen LogP contribution in [0.5, 0.6) is 0 Å². The van der Waals surface area contributed by atoms with E-state index in [1.807, 2.05) is 0 Å². The molecule has 144 valence electrons. The van der Waals surface area contributed by atoms with Gasteiger partial charge in [-0.1, -0.05) is 12.8 Å². The quantitative estimate of drug-likeness (QED) is 0.398. The number of fused-ring (bicyclic) bond motifs is 2. The summed E-state index contributed by atoms with van der Waals surface area (Å²) in [6.45, 7) is 0. The summed E-state index contributed by atoms with van der Waals surface area (Å²) in [5.74, 6) is 0.219. The highest BCUT2D eigenvalue weighted by molar-refractivity contribution is 8.01. The Morgan fingerprint density at radius 3 is 2.73 bits per heavy atom. The lowest BCUT2D eigenvalue weighted by Gasteiger charge is -2.33. The normalized spacial score (nSPS) is 34.3. The molecule has 0 aromatic carbocycles. The number of hydrogen-bond donors (Lipinski definition) is 4. The lowest BCUT2D eigenvalue weighted by molar-refractivity contribution is -0.129. The van der Waals surface area contributed by atoms with Crippen LogP contribution in [0.1, 0.15) is 51.4 Å². The van der Waals surface area contributed by atoms with Crippen LogP contribution in [0.4, 0.5) is 4.79 Å². The number of carbonyl (C=O) groups excluding carboxylic acids is 4. The molecule has 0 saturated carbocycles. The van der Waals surface area contributed by atoms with Crippen LogP contribution >= 0.6 is 11.8 Å². The summed E-state index contributed by atoms with van der Waals surface area (Å²) in [4.78, 5) is 48.2. The highest BCUT2D eigenvalue weighted by atomic mass is 32.2. The van der Waals surface area contributed by atoms with Gasteiger partial charge in [0.25, 0.3) is 0 Å². The van der Waals surface area contributed by atoms with Gasteiger partial charge >= 0.3 is 6.03 Å². The highest BCUT2D eigenvalue weighted by Gasteiger charge is 2.58. The Morgan fingerprint density at radius 1 is 1.15 bits per heavy atom. The molecule has 9 heteroatoms. The fourth-order valence-corrected chi connectivity index (χ4v) is 5.73. The van der Waals surface area contributed by atoms with Crippen molar-refractivity contribution in [2.24, 2.45) is 5.73 Å². The van der Waals surface area contributed by atoms with Crippen LogP contribution < -0.4 is 21.7 Å². The van der Waals surface area contributed by atoms with Crippen LogP contribution in [0.2, 0.25) is 0 Å². The predicted molar refractivity (Wildman–Crippen MR) is 97.5 cm³/mol. The number of hydrogen-bond acceptors (Lipinski definition) is 5. The minimum Gasteiger partial charge on any atom is -0.370 e. The van der Waals surface area contributed by atoms with Crippen molar-refractivity contribution in [1.82, 2.24) is 16.0 Å². The minimum absolute atomic E-state index is 0.0441.